The molecule has 0 bridgehead atoms. The molecule has 0 radical (unpaired) electrons. The molecule has 2 rings (SSSR count). The first-order chi connectivity index (χ1) is 12.0. The number of benzene rings is 1. The molecule has 0 aliphatic carbocycles. The highest BCUT2D eigenvalue weighted by molar-refractivity contribution is 7.11. The molecule has 0 spiro atoms. The van der Waals surface area contributed by atoms with Gasteiger partial charge in [-0.15, -0.1) is 11.3 Å². The molecule has 1 N–H and O–H groups in total. The molecule has 0 amide bonds. The van der Waals surface area contributed by atoms with E-state index in [-0.39, 0.29) is 0 Å². The number of aliphatic imine (C=N–C) groups is 1. The van der Waals surface area contributed by atoms with Crippen molar-refractivity contribution in [1.29, 1.82) is 0 Å². The zero-order valence-electron chi connectivity index (χ0n) is 15.2. The Kier molecular flexibility index (Phi) is 7.52. The summed E-state index contributed by atoms with van der Waals surface area (Å²) in [4.78, 5) is 12.2. The highest BCUT2D eigenvalue weighted by atomic mass is 35.5. The molecule has 0 saturated heterocycles. The number of hydrogen-bond donors (Lipinski definition) is 1. The van der Waals surface area contributed by atoms with Crippen LogP contribution in [0.15, 0.2) is 29.3 Å². The third-order valence-electron chi connectivity index (χ3n) is 3.70. The van der Waals surface area contributed by atoms with Gasteiger partial charge in [-0.2, -0.15) is 0 Å². The van der Waals surface area contributed by atoms with Gasteiger partial charge in [0.05, 0.1) is 17.2 Å². The molecule has 1 aromatic heterocycles. The monoisotopic (exact) mass is 380 g/mol. The van der Waals surface area contributed by atoms with Crippen LogP contribution in [0, 0.1) is 13.8 Å². The first-order valence-corrected chi connectivity index (χ1v) is 9.42. The number of thiazole rings is 1. The van der Waals surface area contributed by atoms with Gasteiger partial charge in [-0.25, -0.2) is 4.98 Å². The van der Waals surface area contributed by atoms with Crippen LogP contribution in [-0.4, -0.2) is 49.6 Å². The van der Waals surface area contributed by atoms with Crippen molar-refractivity contribution in [3.05, 3.63) is 44.9 Å². The zero-order valence-corrected chi connectivity index (χ0v) is 16.7. The lowest BCUT2D eigenvalue weighted by molar-refractivity contribution is 0.281. The van der Waals surface area contributed by atoms with Crippen LogP contribution in [0.2, 0.25) is 5.02 Å². The quantitative estimate of drug-likeness (QED) is 0.589. The number of ether oxygens (including phenoxy) is 1. The van der Waals surface area contributed by atoms with Crippen LogP contribution < -0.4 is 10.1 Å². The first-order valence-electron chi connectivity index (χ1n) is 8.22. The Morgan fingerprint density at radius 1 is 1.40 bits per heavy atom. The maximum Gasteiger partial charge on any atom is 0.193 e. The van der Waals surface area contributed by atoms with Gasteiger partial charge in [0.1, 0.15) is 12.4 Å². The summed E-state index contributed by atoms with van der Waals surface area (Å²) in [5.74, 6) is 1.63. The summed E-state index contributed by atoms with van der Waals surface area (Å²) in [7, 11) is 3.79. The fourth-order valence-corrected chi connectivity index (χ4v) is 3.56. The van der Waals surface area contributed by atoms with E-state index in [1.807, 2.05) is 38.2 Å². The number of rotatable bonds is 7. The summed E-state index contributed by atoms with van der Waals surface area (Å²) in [5.41, 5.74) is 1.13. The van der Waals surface area contributed by atoms with Crippen molar-refractivity contribution in [1.82, 2.24) is 15.2 Å². The topological polar surface area (TPSA) is 49.8 Å². The number of aryl methyl sites for hydroxylation is 2. The molecule has 0 saturated carbocycles. The maximum atomic E-state index is 5.96. The van der Waals surface area contributed by atoms with Gasteiger partial charge in [-0.1, -0.05) is 17.7 Å². The van der Waals surface area contributed by atoms with Crippen molar-refractivity contribution < 1.29 is 4.74 Å². The highest BCUT2D eigenvalue weighted by Gasteiger charge is 2.08. The van der Waals surface area contributed by atoms with Crippen molar-refractivity contribution in [2.45, 2.75) is 20.3 Å². The van der Waals surface area contributed by atoms with E-state index in [0.717, 1.165) is 41.9 Å². The Bertz CT molecular complexity index is 717. The third-order valence-corrected chi connectivity index (χ3v) is 5.07. The van der Waals surface area contributed by atoms with E-state index < -0.39 is 0 Å². The second-order valence-corrected chi connectivity index (χ2v) is 7.42. The Morgan fingerprint density at radius 2 is 2.20 bits per heavy atom. The Labute approximate surface area is 158 Å². The minimum atomic E-state index is 0.560. The highest BCUT2D eigenvalue weighted by Crippen LogP contribution is 2.17. The van der Waals surface area contributed by atoms with Crippen LogP contribution in [0.5, 0.6) is 5.75 Å². The Hall–Kier alpha value is -1.79. The molecule has 0 atom stereocenters. The molecule has 25 heavy (non-hydrogen) atoms. The Balaban J connectivity index is 1.74. The largest absolute Gasteiger partial charge is 0.492 e. The van der Waals surface area contributed by atoms with Crippen LogP contribution in [0.25, 0.3) is 0 Å². The number of guanidine groups is 1. The summed E-state index contributed by atoms with van der Waals surface area (Å²) in [6.07, 6.45) is 0.948. The molecule has 136 valence electrons. The second kappa shape index (κ2) is 9.63. The molecule has 0 fully saturated rings. The lowest BCUT2D eigenvalue weighted by atomic mass is 10.3. The molecule has 0 unspecified atom stereocenters. The van der Waals surface area contributed by atoms with Gasteiger partial charge in [0.2, 0.25) is 0 Å². The normalized spacial score (nSPS) is 11.5. The fraction of sp³-hybridized carbons (Fsp3) is 0.444. The summed E-state index contributed by atoms with van der Waals surface area (Å²) < 4.78 is 5.73. The minimum Gasteiger partial charge on any atom is -0.492 e. The van der Waals surface area contributed by atoms with Crippen molar-refractivity contribution >= 4 is 28.9 Å². The van der Waals surface area contributed by atoms with Crippen LogP contribution >= 0.6 is 22.9 Å². The van der Waals surface area contributed by atoms with E-state index >= 15 is 0 Å². The Morgan fingerprint density at radius 3 is 2.84 bits per heavy atom. The van der Waals surface area contributed by atoms with Crippen molar-refractivity contribution in [3.8, 4) is 5.75 Å². The van der Waals surface area contributed by atoms with E-state index in [1.165, 1.54) is 4.88 Å². The summed E-state index contributed by atoms with van der Waals surface area (Å²) in [5, 5.41) is 5.19. The molecule has 0 aliphatic heterocycles. The smallest absolute Gasteiger partial charge is 0.193 e. The number of hydrogen-bond acceptors (Lipinski definition) is 4. The van der Waals surface area contributed by atoms with Crippen molar-refractivity contribution in [2.24, 2.45) is 4.99 Å². The molecule has 7 heteroatoms. The van der Waals surface area contributed by atoms with Crippen LogP contribution in [0.4, 0.5) is 0 Å². The number of likely N-dealkylation sites (N-methyl/N-ethyl adjacent to an activating group) is 1. The number of nitrogens with zero attached hydrogens (tertiary/aromatic N) is 3. The number of aromatic nitrogens is 1. The number of nitrogens with one attached hydrogen (secondary N) is 1. The fourth-order valence-electron chi connectivity index (χ4n) is 2.44. The zero-order chi connectivity index (χ0) is 18.2. The average molecular weight is 381 g/mol. The lowest BCUT2D eigenvalue weighted by Gasteiger charge is -2.22. The van der Waals surface area contributed by atoms with Gasteiger partial charge in [0.15, 0.2) is 5.96 Å². The second-order valence-electron chi connectivity index (χ2n) is 5.69. The van der Waals surface area contributed by atoms with E-state index in [9.17, 15) is 0 Å². The minimum absolute atomic E-state index is 0.560. The van der Waals surface area contributed by atoms with Gasteiger partial charge >= 0.3 is 0 Å². The SMILES string of the molecule is CN=C(NCCc1sc(C)nc1C)N(C)CCOc1cccc(Cl)c1. The summed E-state index contributed by atoms with van der Waals surface area (Å²) >= 11 is 7.72. The van der Waals surface area contributed by atoms with Gasteiger partial charge in [-0.05, 0) is 32.0 Å². The third kappa shape index (κ3) is 6.21. The van der Waals surface area contributed by atoms with Crippen LogP contribution in [0.1, 0.15) is 15.6 Å². The molecule has 0 aliphatic rings. The lowest BCUT2D eigenvalue weighted by Crippen LogP contribution is -2.41. The van der Waals surface area contributed by atoms with Gasteiger partial charge in [0, 0.05) is 37.0 Å². The van der Waals surface area contributed by atoms with E-state index in [0.29, 0.717) is 11.6 Å². The van der Waals surface area contributed by atoms with Gasteiger partial charge < -0.3 is 15.0 Å². The van der Waals surface area contributed by atoms with Gasteiger partial charge in [-0.3, -0.25) is 4.99 Å². The van der Waals surface area contributed by atoms with E-state index in [2.05, 4.69) is 27.1 Å². The van der Waals surface area contributed by atoms with E-state index in [1.54, 1.807) is 18.4 Å². The average Bonchev–Trinajstić information content (AvgIpc) is 2.89. The predicted molar refractivity (Wildman–Crippen MR) is 106 cm³/mol. The molecule has 1 aromatic carbocycles. The molecule has 1 heterocycles. The van der Waals surface area contributed by atoms with E-state index in [4.69, 9.17) is 16.3 Å². The number of halogens is 1. The maximum absolute atomic E-state index is 5.96. The molecule has 2 aromatic rings. The molecule has 5 nitrogen and oxygen atoms in total. The first kappa shape index (κ1) is 19.5. The van der Waals surface area contributed by atoms with Crippen molar-refractivity contribution in [2.75, 3.05) is 33.8 Å². The molecular formula is C18H25ClN4OS. The standard InChI is InChI=1S/C18H25ClN4OS/c1-13-17(25-14(2)22-13)8-9-21-18(20-3)23(4)10-11-24-16-7-5-6-15(19)12-16/h5-7,12H,8-11H2,1-4H3,(H,20,21). The van der Waals surface area contributed by atoms with Gasteiger partial charge in [0.25, 0.3) is 0 Å². The summed E-state index contributed by atoms with van der Waals surface area (Å²) in [6.45, 7) is 6.22. The predicted octanol–water partition coefficient (Wildman–Crippen LogP) is 3.54. The van der Waals surface area contributed by atoms with Crippen LogP contribution in [-0.2, 0) is 6.42 Å². The van der Waals surface area contributed by atoms with Crippen LogP contribution in [0.3, 0.4) is 0 Å². The van der Waals surface area contributed by atoms with Crippen molar-refractivity contribution in [3.63, 3.8) is 0 Å². The molecular weight excluding hydrogens is 356 g/mol. The summed E-state index contributed by atoms with van der Waals surface area (Å²) in [6, 6.07) is 7.43.